The van der Waals surface area contributed by atoms with Gasteiger partial charge in [0.05, 0.1) is 43.6 Å². The van der Waals surface area contributed by atoms with E-state index in [1.165, 1.54) is 18.2 Å². The standard InChI is InChI=1S/C28H22ClN3O8S/c1-17-6-10-23(11-7-17)41(37,38)30-15-19(27-25(30)13-20(31(33)34)14-26(27)32(35)36)12-21-8-9-22(40-21)16-39-28-18(2)4-3-5-24(28)29/h3-14H,15-16H2,1-2H3/b19-12+. The van der Waals surface area contributed by atoms with E-state index in [2.05, 4.69) is 0 Å². The Morgan fingerprint density at radius 3 is 2.41 bits per heavy atom. The lowest BCUT2D eigenvalue weighted by molar-refractivity contribution is -0.394. The van der Waals surface area contributed by atoms with E-state index in [0.717, 1.165) is 27.6 Å². The molecule has 0 atom stereocenters. The van der Waals surface area contributed by atoms with Crippen LogP contribution in [-0.2, 0) is 16.6 Å². The number of ether oxygens (including phenoxy) is 1. The molecule has 0 fully saturated rings. The number of benzene rings is 3. The molecule has 0 N–H and O–H groups in total. The van der Waals surface area contributed by atoms with E-state index >= 15 is 0 Å². The number of hydrogen-bond donors (Lipinski definition) is 0. The molecule has 0 saturated carbocycles. The molecule has 1 aliphatic heterocycles. The SMILES string of the molecule is Cc1ccc(S(=O)(=O)N2C/C(=C\c3ccc(COc4c(C)cccc4Cl)o3)c3c2cc([N+](=O)[O-])cc3[N+](=O)[O-])cc1. The molecule has 210 valence electrons. The summed E-state index contributed by atoms with van der Waals surface area (Å²) in [7, 11) is -4.24. The van der Waals surface area contributed by atoms with Gasteiger partial charge in [0.2, 0.25) is 0 Å². The number of halogens is 1. The first-order valence-electron chi connectivity index (χ1n) is 12.2. The van der Waals surface area contributed by atoms with E-state index in [0.29, 0.717) is 16.5 Å². The summed E-state index contributed by atoms with van der Waals surface area (Å²) in [6.45, 7) is 3.39. The molecule has 0 radical (unpaired) electrons. The Bertz CT molecular complexity index is 1810. The van der Waals surface area contributed by atoms with E-state index in [-0.39, 0.29) is 40.6 Å². The molecule has 4 aromatic rings. The van der Waals surface area contributed by atoms with E-state index in [4.69, 9.17) is 20.8 Å². The van der Waals surface area contributed by atoms with Crippen LogP contribution in [0, 0.1) is 34.1 Å². The van der Waals surface area contributed by atoms with Crippen LogP contribution in [0.5, 0.6) is 5.75 Å². The average molecular weight is 596 g/mol. The highest BCUT2D eigenvalue weighted by atomic mass is 35.5. The predicted octanol–water partition coefficient (Wildman–Crippen LogP) is 6.69. The molecule has 13 heteroatoms. The van der Waals surface area contributed by atoms with Crippen molar-refractivity contribution in [2.24, 2.45) is 0 Å². The summed E-state index contributed by atoms with van der Waals surface area (Å²) in [5.74, 6) is 1.21. The van der Waals surface area contributed by atoms with Crippen LogP contribution in [0.4, 0.5) is 17.1 Å². The zero-order valence-corrected chi connectivity index (χ0v) is 23.3. The summed E-state index contributed by atoms with van der Waals surface area (Å²) in [5.41, 5.74) is 0.505. The first kappa shape index (κ1) is 27.9. The Hall–Kier alpha value is -4.68. The Morgan fingerprint density at radius 1 is 1.02 bits per heavy atom. The zero-order valence-electron chi connectivity index (χ0n) is 21.7. The summed E-state index contributed by atoms with van der Waals surface area (Å²) in [4.78, 5) is 22.0. The average Bonchev–Trinajstić information content (AvgIpc) is 3.53. The molecule has 0 bridgehead atoms. The van der Waals surface area contributed by atoms with E-state index < -0.39 is 31.2 Å². The molecule has 11 nitrogen and oxygen atoms in total. The molecule has 0 amide bonds. The maximum Gasteiger partial charge on any atom is 0.285 e. The smallest absolute Gasteiger partial charge is 0.285 e. The number of sulfonamides is 1. The van der Waals surface area contributed by atoms with Crippen LogP contribution in [0.25, 0.3) is 11.6 Å². The number of fused-ring (bicyclic) bond motifs is 1. The number of nitro benzene ring substituents is 2. The molecular formula is C28H22ClN3O8S. The number of non-ortho nitro benzene ring substituents is 1. The minimum absolute atomic E-state index is 0.0443. The number of nitrogens with zero attached hydrogens (tertiary/aromatic N) is 3. The molecule has 1 aliphatic rings. The summed E-state index contributed by atoms with van der Waals surface area (Å²) >= 11 is 6.22. The van der Waals surface area contributed by atoms with Gasteiger partial charge in [0.1, 0.15) is 23.9 Å². The van der Waals surface area contributed by atoms with Gasteiger partial charge in [-0.15, -0.1) is 0 Å². The van der Waals surface area contributed by atoms with Gasteiger partial charge in [0.25, 0.3) is 21.4 Å². The van der Waals surface area contributed by atoms with Gasteiger partial charge in [-0.25, -0.2) is 8.42 Å². The lowest BCUT2D eigenvalue weighted by Gasteiger charge is -2.19. The van der Waals surface area contributed by atoms with Crippen LogP contribution >= 0.6 is 11.6 Å². The monoisotopic (exact) mass is 595 g/mol. The van der Waals surface area contributed by atoms with Crippen molar-refractivity contribution in [3.8, 4) is 5.75 Å². The molecule has 0 aliphatic carbocycles. The summed E-state index contributed by atoms with van der Waals surface area (Å²) in [6, 6.07) is 16.5. The fourth-order valence-corrected chi connectivity index (χ4v) is 6.25. The molecular weight excluding hydrogens is 574 g/mol. The van der Waals surface area contributed by atoms with Crippen molar-refractivity contribution in [2.75, 3.05) is 10.8 Å². The van der Waals surface area contributed by atoms with Crippen molar-refractivity contribution in [1.82, 2.24) is 0 Å². The van der Waals surface area contributed by atoms with Crippen LogP contribution in [-0.4, -0.2) is 24.8 Å². The lowest BCUT2D eigenvalue weighted by atomic mass is 10.0. The highest BCUT2D eigenvalue weighted by Gasteiger charge is 2.40. The Morgan fingerprint density at radius 2 is 1.76 bits per heavy atom. The number of hydrogen-bond acceptors (Lipinski definition) is 8. The van der Waals surface area contributed by atoms with Crippen molar-refractivity contribution in [2.45, 2.75) is 25.3 Å². The number of rotatable bonds is 8. The number of anilines is 1. The van der Waals surface area contributed by atoms with Gasteiger partial charge in [-0.3, -0.25) is 24.5 Å². The number of nitro groups is 2. The predicted molar refractivity (Wildman–Crippen MR) is 153 cm³/mol. The van der Waals surface area contributed by atoms with Crippen LogP contribution in [0.1, 0.15) is 28.2 Å². The van der Waals surface area contributed by atoms with Crippen LogP contribution in [0.3, 0.4) is 0 Å². The minimum atomic E-state index is -4.24. The van der Waals surface area contributed by atoms with Crippen molar-refractivity contribution < 1.29 is 27.4 Å². The molecule has 5 rings (SSSR count). The fraction of sp³-hybridized carbons (Fsp3) is 0.143. The van der Waals surface area contributed by atoms with Crippen LogP contribution in [0.2, 0.25) is 5.02 Å². The van der Waals surface area contributed by atoms with Gasteiger partial charge in [0.15, 0.2) is 0 Å². The van der Waals surface area contributed by atoms with E-state index in [1.807, 2.05) is 13.0 Å². The summed E-state index contributed by atoms with van der Waals surface area (Å²) < 4.78 is 39.9. The highest BCUT2D eigenvalue weighted by Crippen LogP contribution is 2.47. The lowest BCUT2D eigenvalue weighted by Crippen LogP contribution is -2.29. The molecule has 3 aromatic carbocycles. The van der Waals surface area contributed by atoms with Gasteiger partial charge in [-0.1, -0.05) is 41.4 Å². The second-order valence-electron chi connectivity index (χ2n) is 9.35. The third-order valence-electron chi connectivity index (χ3n) is 6.52. The normalized spacial score (nSPS) is 13.8. The molecule has 41 heavy (non-hydrogen) atoms. The third kappa shape index (κ3) is 5.39. The largest absolute Gasteiger partial charge is 0.484 e. The zero-order chi connectivity index (χ0) is 29.5. The first-order valence-corrected chi connectivity index (χ1v) is 14.0. The van der Waals surface area contributed by atoms with E-state index in [9.17, 15) is 28.6 Å². The Balaban J connectivity index is 1.56. The molecule has 2 heterocycles. The number of para-hydroxylation sites is 1. The quantitative estimate of drug-likeness (QED) is 0.162. The fourth-order valence-electron chi connectivity index (χ4n) is 4.53. The van der Waals surface area contributed by atoms with Gasteiger partial charge < -0.3 is 9.15 Å². The van der Waals surface area contributed by atoms with Crippen LogP contribution < -0.4 is 9.04 Å². The molecule has 1 aromatic heterocycles. The van der Waals surface area contributed by atoms with Gasteiger partial charge in [-0.2, -0.15) is 0 Å². The van der Waals surface area contributed by atoms with Gasteiger partial charge >= 0.3 is 0 Å². The van der Waals surface area contributed by atoms with Gasteiger partial charge in [0, 0.05) is 6.07 Å². The number of aryl methyl sites for hydroxylation is 2. The number of furan rings is 1. The minimum Gasteiger partial charge on any atom is -0.484 e. The topological polar surface area (TPSA) is 146 Å². The summed E-state index contributed by atoms with van der Waals surface area (Å²) in [5, 5.41) is 24.0. The Kier molecular flexibility index (Phi) is 7.28. The van der Waals surface area contributed by atoms with Crippen LogP contribution in [0.15, 0.2) is 76.0 Å². The maximum absolute atomic E-state index is 13.7. The van der Waals surface area contributed by atoms with Gasteiger partial charge in [-0.05, 0) is 61.4 Å². The van der Waals surface area contributed by atoms with Crippen molar-refractivity contribution >= 4 is 50.3 Å². The molecule has 0 saturated heterocycles. The Labute approximate surface area is 239 Å². The highest BCUT2D eigenvalue weighted by molar-refractivity contribution is 7.92. The third-order valence-corrected chi connectivity index (χ3v) is 8.59. The second kappa shape index (κ2) is 10.7. The van der Waals surface area contributed by atoms with Crippen molar-refractivity contribution in [3.63, 3.8) is 0 Å². The van der Waals surface area contributed by atoms with E-state index in [1.54, 1.807) is 43.3 Å². The molecule has 0 spiro atoms. The summed E-state index contributed by atoms with van der Waals surface area (Å²) in [6.07, 6.45) is 1.48. The molecule has 0 unspecified atom stereocenters. The first-order chi connectivity index (χ1) is 19.5. The van der Waals surface area contributed by atoms with Crippen molar-refractivity contribution in [1.29, 1.82) is 0 Å². The maximum atomic E-state index is 13.7. The van der Waals surface area contributed by atoms with Crippen molar-refractivity contribution in [3.05, 3.63) is 120 Å². The second-order valence-corrected chi connectivity index (χ2v) is 11.6.